The molecule has 0 saturated heterocycles. The molecule has 1 fully saturated rings. The fraction of sp³-hybridized carbons (Fsp3) is 0.500. The maximum absolute atomic E-state index is 11.9. The molecule has 0 unspecified atom stereocenters. The second kappa shape index (κ2) is 6.39. The maximum atomic E-state index is 11.9. The van der Waals surface area contributed by atoms with Crippen LogP contribution in [0.25, 0.3) is 0 Å². The van der Waals surface area contributed by atoms with E-state index in [0.717, 1.165) is 35.0 Å². The van der Waals surface area contributed by atoms with Gasteiger partial charge in [-0.2, -0.15) is 0 Å². The summed E-state index contributed by atoms with van der Waals surface area (Å²) in [6.07, 6.45) is 2.95. The molecule has 0 bridgehead atoms. The summed E-state index contributed by atoms with van der Waals surface area (Å²) >= 11 is 3.45. The van der Waals surface area contributed by atoms with Crippen LogP contribution in [0.1, 0.15) is 18.4 Å². The fourth-order valence-corrected chi connectivity index (χ4v) is 2.49. The molecule has 0 aliphatic heterocycles. The molecule has 0 atom stereocenters. The molecule has 1 amide bonds. The summed E-state index contributed by atoms with van der Waals surface area (Å²) < 4.78 is 6.55. The van der Waals surface area contributed by atoms with Gasteiger partial charge in [0.05, 0.1) is 4.47 Å². The molecule has 0 spiro atoms. The number of hydrogen-bond acceptors (Lipinski definition) is 3. The molecule has 1 aliphatic rings. The van der Waals surface area contributed by atoms with Gasteiger partial charge in [-0.15, -0.1) is 0 Å². The summed E-state index contributed by atoms with van der Waals surface area (Å²) in [5.41, 5.74) is 6.61. The number of ether oxygens (including phenoxy) is 1. The molecule has 4 nitrogen and oxygen atoms in total. The van der Waals surface area contributed by atoms with E-state index in [9.17, 15) is 4.79 Å². The number of para-hydroxylation sites is 1. The third-order valence-electron chi connectivity index (χ3n) is 3.29. The molecule has 0 aromatic heterocycles. The van der Waals surface area contributed by atoms with Gasteiger partial charge < -0.3 is 15.4 Å². The summed E-state index contributed by atoms with van der Waals surface area (Å²) in [5, 5.41) is 0. The summed E-state index contributed by atoms with van der Waals surface area (Å²) in [4.78, 5) is 13.7. The number of rotatable bonds is 6. The first-order valence-electron chi connectivity index (χ1n) is 6.49. The van der Waals surface area contributed by atoms with Crippen molar-refractivity contribution >= 4 is 21.8 Å². The van der Waals surface area contributed by atoms with Crippen LogP contribution in [0.2, 0.25) is 0 Å². The topological polar surface area (TPSA) is 55.6 Å². The zero-order valence-corrected chi connectivity index (χ0v) is 12.6. The molecule has 2 rings (SSSR count). The van der Waals surface area contributed by atoms with Gasteiger partial charge in [0.1, 0.15) is 5.75 Å². The van der Waals surface area contributed by atoms with Gasteiger partial charge in [-0.05, 0) is 53.4 Å². The average Bonchev–Trinajstić information content (AvgIpc) is 3.21. The van der Waals surface area contributed by atoms with Crippen molar-refractivity contribution < 1.29 is 9.53 Å². The normalized spacial score (nSPS) is 14.3. The van der Waals surface area contributed by atoms with Gasteiger partial charge in [0, 0.05) is 13.1 Å². The fourth-order valence-electron chi connectivity index (χ4n) is 1.97. The van der Waals surface area contributed by atoms with Gasteiger partial charge in [0.25, 0.3) is 5.91 Å². The molecule has 5 heteroatoms. The maximum Gasteiger partial charge on any atom is 0.260 e. The van der Waals surface area contributed by atoms with Crippen LogP contribution in [0.15, 0.2) is 22.7 Å². The van der Waals surface area contributed by atoms with Crippen LogP contribution in [0.5, 0.6) is 5.75 Å². The molecule has 19 heavy (non-hydrogen) atoms. The van der Waals surface area contributed by atoms with E-state index in [2.05, 4.69) is 15.9 Å². The number of carbonyl (C=O) groups excluding carboxylic acids is 1. The number of carbonyl (C=O) groups is 1. The SMILES string of the molecule is CN(C(=O)COc1c(Br)cccc1CCN)C1CC1. The smallest absolute Gasteiger partial charge is 0.260 e. The van der Waals surface area contributed by atoms with Gasteiger partial charge in [-0.3, -0.25) is 4.79 Å². The Kier molecular flexibility index (Phi) is 4.82. The van der Waals surface area contributed by atoms with Gasteiger partial charge in [-0.25, -0.2) is 0 Å². The lowest BCUT2D eigenvalue weighted by molar-refractivity contribution is -0.132. The minimum atomic E-state index is 0.0250. The van der Waals surface area contributed by atoms with Gasteiger partial charge in [0.15, 0.2) is 6.61 Å². The summed E-state index contributed by atoms with van der Waals surface area (Å²) in [7, 11) is 1.84. The van der Waals surface area contributed by atoms with Crippen LogP contribution in [0.3, 0.4) is 0 Å². The van der Waals surface area contributed by atoms with Gasteiger partial charge in [0.2, 0.25) is 0 Å². The Balaban J connectivity index is 1.99. The van der Waals surface area contributed by atoms with Crippen molar-refractivity contribution in [2.75, 3.05) is 20.2 Å². The van der Waals surface area contributed by atoms with Crippen molar-refractivity contribution in [1.29, 1.82) is 0 Å². The lowest BCUT2D eigenvalue weighted by Crippen LogP contribution is -2.33. The van der Waals surface area contributed by atoms with E-state index in [4.69, 9.17) is 10.5 Å². The Morgan fingerprint density at radius 3 is 2.89 bits per heavy atom. The second-order valence-electron chi connectivity index (χ2n) is 4.79. The van der Waals surface area contributed by atoms with Gasteiger partial charge >= 0.3 is 0 Å². The Hall–Kier alpha value is -1.07. The zero-order valence-electron chi connectivity index (χ0n) is 11.1. The third-order valence-corrected chi connectivity index (χ3v) is 3.91. The summed E-state index contributed by atoms with van der Waals surface area (Å²) in [6, 6.07) is 6.24. The van der Waals surface area contributed by atoms with Crippen molar-refractivity contribution in [3.05, 3.63) is 28.2 Å². The summed E-state index contributed by atoms with van der Waals surface area (Å²) in [6.45, 7) is 0.635. The highest BCUT2D eigenvalue weighted by Crippen LogP contribution is 2.30. The second-order valence-corrected chi connectivity index (χ2v) is 5.65. The van der Waals surface area contributed by atoms with Crippen LogP contribution in [0, 0.1) is 0 Å². The lowest BCUT2D eigenvalue weighted by Gasteiger charge is -2.18. The van der Waals surface area contributed by atoms with E-state index in [-0.39, 0.29) is 12.5 Å². The molecule has 1 aromatic carbocycles. The molecule has 104 valence electrons. The number of amides is 1. The van der Waals surface area contributed by atoms with Crippen LogP contribution < -0.4 is 10.5 Å². The average molecular weight is 327 g/mol. The Bertz CT molecular complexity index is 461. The standard InChI is InChI=1S/C14H19BrN2O2/c1-17(11-5-6-11)13(18)9-19-14-10(7-8-16)3-2-4-12(14)15/h2-4,11H,5-9,16H2,1H3. The monoisotopic (exact) mass is 326 g/mol. The first kappa shape index (κ1) is 14.3. The van der Waals surface area contributed by atoms with Crippen molar-refractivity contribution in [3.63, 3.8) is 0 Å². The number of likely N-dealkylation sites (N-methyl/N-ethyl adjacent to an activating group) is 1. The molecular formula is C14H19BrN2O2. The third kappa shape index (κ3) is 3.70. The molecule has 2 N–H and O–H groups in total. The predicted molar refractivity (Wildman–Crippen MR) is 78.2 cm³/mol. The Morgan fingerprint density at radius 1 is 1.53 bits per heavy atom. The molecule has 1 saturated carbocycles. The number of benzene rings is 1. The Labute approximate surface area is 122 Å². The highest BCUT2D eigenvalue weighted by Gasteiger charge is 2.29. The highest BCUT2D eigenvalue weighted by molar-refractivity contribution is 9.10. The minimum absolute atomic E-state index is 0.0250. The van der Waals surface area contributed by atoms with E-state index < -0.39 is 0 Å². The van der Waals surface area contributed by atoms with E-state index in [0.29, 0.717) is 12.6 Å². The van der Waals surface area contributed by atoms with E-state index in [1.54, 1.807) is 4.90 Å². The van der Waals surface area contributed by atoms with E-state index in [1.165, 1.54) is 0 Å². The predicted octanol–water partition coefficient (Wildman–Crippen LogP) is 1.95. The van der Waals surface area contributed by atoms with Crippen molar-refractivity contribution in [2.45, 2.75) is 25.3 Å². The first-order valence-corrected chi connectivity index (χ1v) is 7.28. The quantitative estimate of drug-likeness (QED) is 0.869. The molecule has 0 heterocycles. The van der Waals surface area contributed by atoms with Crippen LogP contribution >= 0.6 is 15.9 Å². The van der Waals surface area contributed by atoms with E-state index in [1.807, 2.05) is 25.2 Å². The number of halogens is 1. The van der Waals surface area contributed by atoms with Crippen molar-refractivity contribution in [3.8, 4) is 5.75 Å². The number of hydrogen-bond donors (Lipinski definition) is 1. The molecule has 1 aromatic rings. The summed E-state index contributed by atoms with van der Waals surface area (Å²) in [5.74, 6) is 0.752. The van der Waals surface area contributed by atoms with Crippen molar-refractivity contribution in [2.24, 2.45) is 5.73 Å². The largest absolute Gasteiger partial charge is 0.482 e. The highest BCUT2D eigenvalue weighted by atomic mass is 79.9. The van der Waals surface area contributed by atoms with E-state index >= 15 is 0 Å². The van der Waals surface area contributed by atoms with Gasteiger partial charge in [-0.1, -0.05) is 12.1 Å². The lowest BCUT2D eigenvalue weighted by atomic mass is 10.1. The number of nitrogens with two attached hydrogens (primary N) is 1. The molecule has 0 radical (unpaired) electrons. The zero-order chi connectivity index (χ0) is 13.8. The Morgan fingerprint density at radius 2 is 2.26 bits per heavy atom. The van der Waals surface area contributed by atoms with Crippen LogP contribution in [0.4, 0.5) is 0 Å². The first-order chi connectivity index (χ1) is 9.13. The molecule has 1 aliphatic carbocycles. The van der Waals surface area contributed by atoms with Crippen LogP contribution in [-0.4, -0.2) is 37.0 Å². The van der Waals surface area contributed by atoms with Crippen LogP contribution in [-0.2, 0) is 11.2 Å². The molecular weight excluding hydrogens is 308 g/mol. The number of nitrogens with zero attached hydrogens (tertiary/aromatic N) is 1. The van der Waals surface area contributed by atoms with Crippen molar-refractivity contribution in [1.82, 2.24) is 4.90 Å². The minimum Gasteiger partial charge on any atom is -0.482 e.